The zero-order valence-electron chi connectivity index (χ0n) is 16.4. The van der Waals surface area contributed by atoms with Crippen molar-refractivity contribution < 1.29 is 14.7 Å². The zero-order valence-corrected chi connectivity index (χ0v) is 18.0. The fraction of sp³-hybridized carbons (Fsp3) is 0.238. The molecule has 1 saturated heterocycles. The number of piperazine rings is 1. The molecule has 4 rings (SSSR count). The lowest BCUT2D eigenvalue weighted by atomic mass is 10.1. The number of benzene rings is 1. The predicted octanol–water partition coefficient (Wildman–Crippen LogP) is 2.74. The maximum Gasteiger partial charge on any atom is 0.327 e. The Labute approximate surface area is 187 Å². The first-order valence-corrected chi connectivity index (χ1v) is 10.8. The maximum atomic E-state index is 12.8. The van der Waals surface area contributed by atoms with Gasteiger partial charge in [-0.25, -0.2) is 14.8 Å². The summed E-state index contributed by atoms with van der Waals surface area (Å²) in [6, 6.07) is 8.21. The van der Waals surface area contributed by atoms with E-state index in [0.29, 0.717) is 22.2 Å². The molecule has 1 fully saturated rings. The molecule has 0 radical (unpaired) electrons. The van der Waals surface area contributed by atoms with Gasteiger partial charge in [-0.15, -0.1) is 11.3 Å². The van der Waals surface area contributed by atoms with E-state index < -0.39 is 12.0 Å². The van der Waals surface area contributed by atoms with Crippen LogP contribution in [-0.2, 0) is 16.1 Å². The van der Waals surface area contributed by atoms with Crippen LogP contribution in [0.25, 0.3) is 17.0 Å². The van der Waals surface area contributed by atoms with Crippen molar-refractivity contribution in [1.29, 1.82) is 0 Å². The quantitative estimate of drug-likeness (QED) is 0.585. The Morgan fingerprint density at radius 3 is 2.90 bits per heavy atom. The number of carboxylic acids is 1. The number of amides is 1. The summed E-state index contributed by atoms with van der Waals surface area (Å²) in [6.45, 7) is 1.07. The summed E-state index contributed by atoms with van der Waals surface area (Å²) >= 11 is 7.39. The number of nitrogens with two attached hydrogens (primary N) is 1. The number of carbonyl (C=O) groups excluding carboxylic acids is 1. The second-order valence-corrected chi connectivity index (χ2v) is 8.97. The molecule has 31 heavy (non-hydrogen) atoms. The van der Waals surface area contributed by atoms with Crippen LogP contribution in [0, 0.1) is 0 Å². The highest BCUT2D eigenvalue weighted by Gasteiger charge is 2.36. The van der Waals surface area contributed by atoms with Crippen LogP contribution in [0.4, 0.5) is 5.82 Å². The van der Waals surface area contributed by atoms with Crippen molar-refractivity contribution in [2.75, 3.05) is 25.4 Å². The van der Waals surface area contributed by atoms with Crippen LogP contribution in [0.5, 0.6) is 0 Å². The molecule has 3 aromatic rings. The summed E-state index contributed by atoms with van der Waals surface area (Å²) in [7, 11) is 0. The third-order valence-corrected chi connectivity index (χ3v) is 6.29. The number of nitrogens with zero attached hydrogens (tertiary/aromatic N) is 4. The number of rotatable bonds is 6. The highest BCUT2D eigenvalue weighted by Crippen LogP contribution is 2.23. The molecule has 1 amide bonds. The molecule has 10 heteroatoms. The average Bonchev–Trinajstić information content (AvgIpc) is 3.14. The van der Waals surface area contributed by atoms with E-state index in [1.807, 2.05) is 35.3 Å². The van der Waals surface area contributed by atoms with Crippen molar-refractivity contribution >= 4 is 57.6 Å². The Morgan fingerprint density at radius 1 is 1.32 bits per heavy atom. The van der Waals surface area contributed by atoms with Crippen LogP contribution < -0.4 is 5.73 Å². The van der Waals surface area contributed by atoms with Gasteiger partial charge >= 0.3 is 5.97 Å². The number of halogens is 1. The van der Waals surface area contributed by atoms with E-state index in [1.165, 1.54) is 22.6 Å². The molecular weight excluding hydrogens is 438 g/mol. The molecule has 1 aliphatic heterocycles. The summed E-state index contributed by atoms with van der Waals surface area (Å²) in [5, 5.41) is 10.5. The Morgan fingerprint density at radius 2 is 2.16 bits per heavy atom. The fourth-order valence-corrected chi connectivity index (χ4v) is 4.56. The van der Waals surface area contributed by atoms with Crippen molar-refractivity contribution in [1.82, 2.24) is 19.8 Å². The van der Waals surface area contributed by atoms with E-state index in [-0.39, 0.29) is 25.5 Å². The number of hydrogen-bond donors (Lipinski definition) is 2. The molecule has 1 aromatic carbocycles. The molecule has 1 atom stereocenters. The summed E-state index contributed by atoms with van der Waals surface area (Å²) in [5.41, 5.74) is 7.30. The van der Waals surface area contributed by atoms with Gasteiger partial charge < -0.3 is 15.7 Å². The van der Waals surface area contributed by atoms with E-state index in [4.69, 9.17) is 17.3 Å². The molecule has 0 spiro atoms. The van der Waals surface area contributed by atoms with Gasteiger partial charge in [-0.3, -0.25) is 9.69 Å². The van der Waals surface area contributed by atoms with Gasteiger partial charge in [0.15, 0.2) is 0 Å². The van der Waals surface area contributed by atoms with Gasteiger partial charge in [-0.05, 0) is 35.9 Å². The predicted molar refractivity (Wildman–Crippen MR) is 121 cm³/mol. The van der Waals surface area contributed by atoms with Gasteiger partial charge in [0.2, 0.25) is 5.91 Å². The molecule has 3 N–H and O–H groups in total. The van der Waals surface area contributed by atoms with Crippen molar-refractivity contribution in [2.45, 2.75) is 12.6 Å². The van der Waals surface area contributed by atoms with Crippen LogP contribution in [0.3, 0.4) is 0 Å². The van der Waals surface area contributed by atoms with Crippen molar-refractivity contribution in [3.05, 3.63) is 57.5 Å². The van der Waals surface area contributed by atoms with E-state index in [0.717, 1.165) is 15.8 Å². The molecule has 0 bridgehead atoms. The molecule has 8 nitrogen and oxygen atoms in total. The number of fused-ring (bicyclic) bond motifs is 1. The number of nitrogen functional groups attached to an aromatic ring is 1. The van der Waals surface area contributed by atoms with Crippen LogP contribution in [0.2, 0.25) is 4.34 Å². The summed E-state index contributed by atoms with van der Waals surface area (Å²) in [4.78, 5) is 37.1. The van der Waals surface area contributed by atoms with Gasteiger partial charge in [0.1, 0.15) is 18.2 Å². The fourth-order valence-electron chi connectivity index (χ4n) is 3.57. The van der Waals surface area contributed by atoms with Crippen molar-refractivity contribution in [2.24, 2.45) is 0 Å². The van der Waals surface area contributed by atoms with Crippen LogP contribution in [0.15, 0.2) is 42.7 Å². The lowest BCUT2D eigenvalue weighted by Crippen LogP contribution is -2.58. The highest BCUT2D eigenvalue weighted by molar-refractivity contribution is 7.16. The summed E-state index contributed by atoms with van der Waals surface area (Å²) < 4.78 is 0.706. The molecular formula is C21H20ClN5O3S. The Hall–Kier alpha value is -3.01. The largest absolute Gasteiger partial charge is 0.480 e. The number of hydrogen-bond acceptors (Lipinski definition) is 7. The molecule has 1 unspecified atom stereocenters. The lowest BCUT2D eigenvalue weighted by molar-refractivity contribution is -0.156. The normalized spacial score (nSPS) is 17.6. The van der Waals surface area contributed by atoms with E-state index >= 15 is 0 Å². The first-order valence-electron chi connectivity index (χ1n) is 9.56. The minimum Gasteiger partial charge on any atom is -0.480 e. The number of carboxylic acid groups (broad SMARTS) is 1. The molecule has 2 aromatic heterocycles. The summed E-state index contributed by atoms with van der Waals surface area (Å²) in [6.07, 6.45) is 5.21. The molecule has 0 saturated carbocycles. The van der Waals surface area contributed by atoms with Crippen LogP contribution in [0.1, 0.15) is 10.4 Å². The number of aliphatic carboxylic acids is 1. The first-order chi connectivity index (χ1) is 14.9. The van der Waals surface area contributed by atoms with E-state index in [2.05, 4.69) is 9.97 Å². The minimum absolute atomic E-state index is 0.155. The standard InChI is InChI=1S/C21H20ClN5O3S/c22-18-6-4-14(31-18)2-1-7-26-10-17(21(29)30)27(19(28)11-26)9-13-3-5-15-16(8-13)24-12-25-20(15)23/h1-6,8,12,17H,7,9-11H2,(H,29,30)(H2,23,24,25). The molecule has 160 valence electrons. The number of anilines is 1. The van der Waals surface area contributed by atoms with E-state index in [9.17, 15) is 14.7 Å². The smallest absolute Gasteiger partial charge is 0.327 e. The minimum atomic E-state index is -1.03. The zero-order chi connectivity index (χ0) is 22.0. The Balaban J connectivity index is 1.46. The Kier molecular flexibility index (Phi) is 6.17. The highest BCUT2D eigenvalue weighted by atomic mass is 35.5. The number of carbonyl (C=O) groups is 2. The maximum absolute atomic E-state index is 12.8. The first kappa shape index (κ1) is 21.2. The topological polar surface area (TPSA) is 113 Å². The Bertz CT molecular complexity index is 1160. The van der Waals surface area contributed by atoms with Gasteiger partial charge in [0.05, 0.1) is 16.4 Å². The lowest BCUT2D eigenvalue weighted by Gasteiger charge is -2.38. The SMILES string of the molecule is Nc1ncnc2cc(CN3C(=O)CN(CC=Cc4ccc(Cl)s4)CC3C(=O)O)ccc12. The third kappa shape index (κ3) is 4.84. The van der Waals surface area contributed by atoms with Crippen LogP contribution in [-0.4, -0.2) is 62.4 Å². The van der Waals surface area contributed by atoms with E-state index in [1.54, 1.807) is 12.1 Å². The second-order valence-electron chi connectivity index (χ2n) is 7.22. The monoisotopic (exact) mass is 457 g/mol. The van der Waals surface area contributed by atoms with Gasteiger partial charge in [0, 0.05) is 29.9 Å². The van der Waals surface area contributed by atoms with Gasteiger partial charge in [0.25, 0.3) is 0 Å². The molecule has 0 aliphatic carbocycles. The molecule has 3 heterocycles. The van der Waals surface area contributed by atoms with Crippen LogP contribution >= 0.6 is 22.9 Å². The van der Waals surface area contributed by atoms with Gasteiger partial charge in [-0.1, -0.05) is 23.7 Å². The number of aromatic nitrogens is 2. The van der Waals surface area contributed by atoms with Crippen molar-refractivity contribution in [3.63, 3.8) is 0 Å². The van der Waals surface area contributed by atoms with Gasteiger partial charge in [-0.2, -0.15) is 0 Å². The average molecular weight is 458 g/mol. The number of thiophene rings is 1. The third-order valence-electron chi connectivity index (χ3n) is 5.10. The van der Waals surface area contributed by atoms with Crippen molar-refractivity contribution in [3.8, 4) is 0 Å². The second kappa shape index (κ2) is 9.01. The molecule has 1 aliphatic rings. The summed E-state index contributed by atoms with van der Waals surface area (Å²) in [5.74, 6) is -0.879.